The molecule has 2 rings (SSSR count). The third-order valence-electron chi connectivity index (χ3n) is 2.40. The van der Waals surface area contributed by atoms with Gasteiger partial charge in [-0.1, -0.05) is 23.7 Å². The summed E-state index contributed by atoms with van der Waals surface area (Å²) in [7, 11) is 0. The molecular formula is C14H11ClN2OS2. The van der Waals surface area contributed by atoms with Crippen molar-refractivity contribution in [3.05, 3.63) is 45.6 Å². The highest BCUT2D eigenvalue weighted by atomic mass is 35.5. The lowest BCUT2D eigenvalue weighted by Crippen LogP contribution is -2.10. The predicted molar refractivity (Wildman–Crippen MR) is 84.7 cm³/mol. The van der Waals surface area contributed by atoms with E-state index in [1.165, 1.54) is 11.3 Å². The summed E-state index contributed by atoms with van der Waals surface area (Å²) in [6, 6.07) is 13.1. The van der Waals surface area contributed by atoms with E-state index in [2.05, 4.69) is 11.4 Å². The van der Waals surface area contributed by atoms with Gasteiger partial charge in [0.15, 0.2) is 0 Å². The highest BCUT2D eigenvalue weighted by molar-refractivity contribution is 7.99. The van der Waals surface area contributed by atoms with Crippen molar-refractivity contribution in [1.82, 2.24) is 0 Å². The van der Waals surface area contributed by atoms with Gasteiger partial charge in [0.2, 0.25) is 0 Å². The van der Waals surface area contributed by atoms with Crippen LogP contribution in [0.15, 0.2) is 41.3 Å². The smallest absolute Gasteiger partial charge is 0.265 e. The highest BCUT2D eigenvalue weighted by Crippen LogP contribution is 2.29. The first-order valence-electron chi connectivity index (χ1n) is 5.86. The van der Waals surface area contributed by atoms with E-state index in [9.17, 15) is 4.79 Å². The summed E-state index contributed by atoms with van der Waals surface area (Å²) < 4.78 is 0.590. The molecule has 2 aromatic rings. The predicted octanol–water partition coefficient (Wildman–Crippen LogP) is 4.66. The molecule has 3 nitrogen and oxygen atoms in total. The second-order valence-corrected chi connectivity index (χ2v) is 6.66. The van der Waals surface area contributed by atoms with Crippen LogP contribution in [0.3, 0.4) is 0 Å². The van der Waals surface area contributed by atoms with Crippen molar-refractivity contribution in [1.29, 1.82) is 5.26 Å². The molecule has 1 N–H and O–H groups in total. The number of hydrogen-bond acceptors (Lipinski definition) is 4. The SMILES string of the molecule is N#CCCSc1ccccc1NC(=O)c1ccc(Cl)s1. The number of anilines is 1. The highest BCUT2D eigenvalue weighted by Gasteiger charge is 2.11. The third-order valence-corrected chi connectivity index (χ3v) is 4.71. The van der Waals surface area contributed by atoms with Crippen molar-refractivity contribution >= 4 is 46.3 Å². The molecule has 0 spiro atoms. The summed E-state index contributed by atoms with van der Waals surface area (Å²) in [6.07, 6.45) is 0.480. The van der Waals surface area contributed by atoms with Gasteiger partial charge >= 0.3 is 0 Å². The van der Waals surface area contributed by atoms with Crippen LogP contribution in [0.1, 0.15) is 16.1 Å². The second-order valence-electron chi connectivity index (χ2n) is 3.81. The third kappa shape index (κ3) is 4.01. The van der Waals surface area contributed by atoms with Crippen LogP contribution in [0.4, 0.5) is 5.69 Å². The van der Waals surface area contributed by atoms with Gasteiger partial charge in [-0.15, -0.1) is 23.1 Å². The summed E-state index contributed by atoms with van der Waals surface area (Å²) in [5.41, 5.74) is 0.755. The van der Waals surface area contributed by atoms with Crippen molar-refractivity contribution < 1.29 is 4.79 Å². The van der Waals surface area contributed by atoms with E-state index in [4.69, 9.17) is 16.9 Å². The molecule has 0 atom stereocenters. The Kier molecular flexibility index (Phi) is 5.48. The second kappa shape index (κ2) is 7.34. The van der Waals surface area contributed by atoms with Gasteiger partial charge < -0.3 is 5.32 Å². The molecule has 20 heavy (non-hydrogen) atoms. The summed E-state index contributed by atoms with van der Waals surface area (Å²) in [5.74, 6) is 0.532. The van der Waals surface area contributed by atoms with Gasteiger partial charge in [-0.2, -0.15) is 5.26 Å². The molecule has 0 aliphatic carbocycles. The maximum absolute atomic E-state index is 12.1. The Labute approximate surface area is 130 Å². The molecule has 1 heterocycles. The summed E-state index contributed by atoms with van der Waals surface area (Å²) in [4.78, 5) is 13.6. The largest absolute Gasteiger partial charge is 0.320 e. The van der Waals surface area contributed by atoms with Crippen molar-refractivity contribution in [2.75, 3.05) is 11.1 Å². The topological polar surface area (TPSA) is 52.9 Å². The van der Waals surface area contributed by atoms with Crippen molar-refractivity contribution in [3.63, 3.8) is 0 Å². The number of carbonyl (C=O) groups excluding carboxylic acids is 1. The van der Waals surface area contributed by atoms with E-state index >= 15 is 0 Å². The monoisotopic (exact) mass is 322 g/mol. The standard InChI is InChI=1S/C14H11ClN2OS2/c15-13-7-6-12(20-13)14(18)17-10-4-1-2-5-11(10)19-9-3-8-16/h1-2,4-7H,3,9H2,(H,17,18). The van der Waals surface area contributed by atoms with Crippen LogP contribution in [0, 0.1) is 11.3 Å². The first kappa shape index (κ1) is 14.9. The Bertz CT molecular complexity index is 649. The minimum Gasteiger partial charge on any atom is -0.320 e. The van der Waals surface area contributed by atoms with Gasteiger partial charge in [-0.3, -0.25) is 4.79 Å². The number of para-hydroxylation sites is 1. The molecule has 0 bridgehead atoms. The lowest BCUT2D eigenvalue weighted by molar-refractivity contribution is 0.103. The maximum atomic E-state index is 12.1. The Morgan fingerprint density at radius 2 is 2.15 bits per heavy atom. The van der Waals surface area contributed by atoms with E-state index in [1.807, 2.05) is 24.3 Å². The first-order chi connectivity index (χ1) is 9.70. The van der Waals surface area contributed by atoms with E-state index in [0.717, 1.165) is 10.6 Å². The Morgan fingerprint density at radius 1 is 1.35 bits per heavy atom. The zero-order valence-electron chi connectivity index (χ0n) is 10.4. The molecular weight excluding hydrogens is 312 g/mol. The number of amides is 1. The molecule has 0 unspecified atom stereocenters. The Morgan fingerprint density at radius 3 is 2.85 bits per heavy atom. The number of thiophene rings is 1. The summed E-state index contributed by atoms with van der Waals surface area (Å²) in [6.45, 7) is 0. The molecule has 1 aromatic carbocycles. The van der Waals surface area contributed by atoms with Gasteiger partial charge in [0.25, 0.3) is 5.91 Å². The zero-order valence-corrected chi connectivity index (χ0v) is 12.8. The minimum absolute atomic E-state index is 0.171. The minimum atomic E-state index is -0.171. The number of thioether (sulfide) groups is 1. The average molecular weight is 323 g/mol. The molecule has 0 aliphatic rings. The van der Waals surface area contributed by atoms with Gasteiger partial charge in [-0.25, -0.2) is 0 Å². The number of halogens is 1. The first-order valence-corrected chi connectivity index (χ1v) is 8.04. The van der Waals surface area contributed by atoms with Crippen LogP contribution in [0.2, 0.25) is 4.34 Å². The fourth-order valence-corrected chi connectivity index (χ4v) is 3.32. The number of benzene rings is 1. The lowest BCUT2D eigenvalue weighted by atomic mass is 10.3. The van der Waals surface area contributed by atoms with E-state index in [0.29, 0.717) is 21.4 Å². The van der Waals surface area contributed by atoms with Crippen LogP contribution < -0.4 is 5.32 Å². The number of nitriles is 1. The van der Waals surface area contributed by atoms with Gasteiger partial charge in [-0.05, 0) is 24.3 Å². The molecule has 0 aliphatic heterocycles. The van der Waals surface area contributed by atoms with Crippen molar-refractivity contribution in [2.45, 2.75) is 11.3 Å². The van der Waals surface area contributed by atoms with Crippen LogP contribution >= 0.6 is 34.7 Å². The van der Waals surface area contributed by atoms with Crippen LogP contribution in [0.5, 0.6) is 0 Å². The van der Waals surface area contributed by atoms with Gasteiger partial charge in [0.1, 0.15) is 0 Å². The average Bonchev–Trinajstić information content (AvgIpc) is 2.88. The lowest BCUT2D eigenvalue weighted by Gasteiger charge is -2.09. The van der Waals surface area contributed by atoms with E-state index < -0.39 is 0 Å². The van der Waals surface area contributed by atoms with Gasteiger partial charge in [0, 0.05) is 17.1 Å². The number of rotatable bonds is 5. The molecule has 1 amide bonds. The number of carbonyl (C=O) groups is 1. The summed E-state index contributed by atoms with van der Waals surface area (Å²) >= 11 is 8.63. The quantitative estimate of drug-likeness (QED) is 0.643. The number of hydrogen-bond donors (Lipinski definition) is 1. The molecule has 0 saturated carbocycles. The summed E-state index contributed by atoms with van der Waals surface area (Å²) in [5, 5.41) is 11.4. The molecule has 102 valence electrons. The van der Waals surface area contributed by atoms with Crippen LogP contribution in [-0.2, 0) is 0 Å². The maximum Gasteiger partial charge on any atom is 0.265 e. The van der Waals surface area contributed by atoms with Crippen molar-refractivity contribution in [3.8, 4) is 6.07 Å². The molecule has 0 fully saturated rings. The van der Waals surface area contributed by atoms with Crippen molar-refractivity contribution in [2.24, 2.45) is 0 Å². The number of nitrogens with zero attached hydrogens (tertiary/aromatic N) is 1. The Balaban J connectivity index is 2.09. The molecule has 0 radical (unpaired) electrons. The van der Waals surface area contributed by atoms with E-state index in [1.54, 1.807) is 23.9 Å². The molecule has 0 saturated heterocycles. The van der Waals surface area contributed by atoms with Crippen LogP contribution in [-0.4, -0.2) is 11.7 Å². The fourth-order valence-electron chi connectivity index (χ4n) is 1.52. The van der Waals surface area contributed by atoms with E-state index in [-0.39, 0.29) is 5.91 Å². The van der Waals surface area contributed by atoms with Gasteiger partial charge in [0.05, 0.1) is 21.0 Å². The molecule has 6 heteroatoms. The molecule has 1 aromatic heterocycles. The van der Waals surface area contributed by atoms with Crippen LogP contribution in [0.25, 0.3) is 0 Å². The Hall–Kier alpha value is -1.48. The normalized spacial score (nSPS) is 10.0. The number of nitrogens with one attached hydrogen (secondary N) is 1. The zero-order chi connectivity index (χ0) is 14.4. The fraction of sp³-hybridized carbons (Fsp3) is 0.143.